The molecule has 0 radical (unpaired) electrons. The molecule has 0 amide bonds. The Bertz CT molecular complexity index is 564. The number of nitrogen functional groups attached to an aromatic ring is 1. The number of anilines is 1. The van der Waals surface area contributed by atoms with E-state index in [2.05, 4.69) is 38.0 Å². The number of rotatable bonds is 4. The van der Waals surface area contributed by atoms with Crippen molar-refractivity contribution in [1.82, 2.24) is 9.78 Å². The molecule has 1 aromatic heterocycles. The maximum atomic E-state index is 6.08. The Morgan fingerprint density at radius 1 is 1.16 bits per heavy atom. The number of nitrogens with two attached hydrogens (primary N) is 1. The summed E-state index contributed by atoms with van der Waals surface area (Å²) in [6, 6.07) is 6.22. The fraction of sp³-hybridized carbons (Fsp3) is 0.400. The third-order valence-electron chi connectivity index (χ3n) is 3.20. The van der Waals surface area contributed by atoms with E-state index in [9.17, 15) is 0 Å². The van der Waals surface area contributed by atoms with E-state index in [0.717, 1.165) is 17.8 Å². The highest BCUT2D eigenvalue weighted by atomic mass is 16.5. The summed E-state index contributed by atoms with van der Waals surface area (Å²) in [6.07, 6.45) is 0.775. The minimum atomic E-state index is 0.655. The van der Waals surface area contributed by atoms with Gasteiger partial charge in [0.25, 0.3) is 0 Å². The lowest BCUT2D eigenvalue weighted by Crippen LogP contribution is -2.06. The van der Waals surface area contributed by atoms with Crippen LogP contribution in [0.4, 0.5) is 5.82 Å². The van der Waals surface area contributed by atoms with Crippen molar-refractivity contribution in [2.24, 2.45) is 0 Å². The maximum Gasteiger partial charge on any atom is 0.127 e. The van der Waals surface area contributed by atoms with Crippen molar-refractivity contribution < 1.29 is 4.74 Å². The number of aryl methyl sites for hydroxylation is 3. The largest absolute Gasteiger partial charge is 0.384 e. The summed E-state index contributed by atoms with van der Waals surface area (Å²) in [5, 5.41) is 4.58. The molecule has 1 heterocycles. The van der Waals surface area contributed by atoms with Gasteiger partial charge in [-0.25, -0.2) is 4.68 Å². The molecule has 0 spiro atoms. The van der Waals surface area contributed by atoms with Crippen molar-refractivity contribution >= 4 is 5.82 Å². The van der Waals surface area contributed by atoms with Crippen LogP contribution in [0, 0.1) is 20.8 Å². The Morgan fingerprint density at radius 3 is 2.37 bits per heavy atom. The smallest absolute Gasteiger partial charge is 0.127 e. The van der Waals surface area contributed by atoms with Gasteiger partial charge in [-0.05, 0) is 31.9 Å². The molecule has 102 valence electrons. The van der Waals surface area contributed by atoms with Crippen LogP contribution in [0.3, 0.4) is 0 Å². The van der Waals surface area contributed by atoms with E-state index in [-0.39, 0.29) is 0 Å². The zero-order valence-electron chi connectivity index (χ0n) is 12.0. The molecular formula is C15H21N3O. The number of hydrogen-bond acceptors (Lipinski definition) is 3. The first-order valence-corrected chi connectivity index (χ1v) is 6.44. The molecule has 0 aliphatic carbocycles. The second kappa shape index (κ2) is 5.45. The number of nitrogens with zero attached hydrogens (tertiary/aromatic N) is 2. The van der Waals surface area contributed by atoms with Crippen LogP contribution in [-0.4, -0.2) is 23.5 Å². The quantitative estimate of drug-likeness (QED) is 0.918. The van der Waals surface area contributed by atoms with Crippen molar-refractivity contribution in [3.8, 4) is 5.69 Å². The van der Waals surface area contributed by atoms with Crippen LogP contribution in [0.5, 0.6) is 0 Å². The fourth-order valence-corrected chi connectivity index (χ4v) is 2.46. The zero-order chi connectivity index (χ0) is 14.0. The summed E-state index contributed by atoms with van der Waals surface area (Å²) in [7, 11) is 1.69. The maximum absolute atomic E-state index is 6.08. The second-order valence-electron chi connectivity index (χ2n) is 4.96. The molecule has 0 aliphatic rings. The van der Waals surface area contributed by atoms with Gasteiger partial charge >= 0.3 is 0 Å². The molecule has 2 aromatic rings. The topological polar surface area (TPSA) is 53.1 Å². The zero-order valence-corrected chi connectivity index (χ0v) is 12.0. The average molecular weight is 259 g/mol. The van der Waals surface area contributed by atoms with Crippen molar-refractivity contribution in [3.05, 3.63) is 40.6 Å². The van der Waals surface area contributed by atoms with E-state index >= 15 is 0 Å². The van der Waals surface area contributed by atoms with Gasteiger partial charge in [-0.3, -0.25) is 0 Å². The van der Waals surface area contributed by atoms with Crippen LogP contribution >= 0.6 is 0 Å². The summed E-state index contributed by atoms with van der Waals surface area (Å²) in [5.74, 6) is 0.668. The van der Waals surface area contributed by atoms with E-state index in [1.165, 1.54) is 16.7 Å². The van der Waals surface area contributed by atoms with Gasteiger partial charge < -0.3 is 10.5 Å². The molecule has 2 N–H and O–H groups in total. The highest BCUT2D eigenvalue weighted by Gasteiger charge is 2.12. The molecule has 0 saturated carbocycles. The molecular weight excluding hydrogens is 238 g/mol. The molecule has 1 aromatic carbocycles. The lowest BCUT2D eigenvalue weighted by atomic mass is 10.1. The van der Waals surface area contributed by atoms with E-state index < -0.39 is 0 Å². The SMILES string of the molecule is COCCc1cc(N)n(-c2c(C)cc(C)cc2C)n1. The summed E-state index contributed by atoms with van der Waals surface area (Å²) < 4.78 is 6.90. The normalized spacial score (nSPS) is 10.9. The summed E-state index contributed by atoms with van der Waals surface area (Å²) in [5.41, 5.74) is 11.7. The molecule has 0 saturated heterocycles. The third-order valence-corrected chi connectivity index (χ3v) is 3.20. The fourth-order valence-electron chi connectivity index (χ4n) is 2.46. The number of methoxy groups -OCH3 is 1. The molecule has 19 heavy (non-hydrogen) atoms. The van der Waals surface area contributed by atoms with Gasteiger partial charge in [0, 0.05) is 19.6 Å². The molecule has 4 heteroatoms. The van der Waals surface area contributed by atoms with Gasteiger partial charge in [0.15, 0.2) is 0 Å². The van der Waals surface area contributed by atoms with E-state index in [0.29, 0.717) is 12.4 Å². The Balaban J connectivity index is 2.44. The van der Waals surface area contributed by atoms with Gasteiger partial charge in [0.1, 0.15) is 5.82 Å². The van der Waals surface area contributed by atoms with Crippen molar-refractivity contribution in [2.45, 2.75) is 27.2 Å². The van der Waals surface area contributed by atoms with Gasteiger partial charge in [-0.15, -0.1) is 0 Å². The van der Waals surface area contributed by atoms with Crippen LogP contribution in [-0.2, 0) is 11.2 Å². The number of ether oxygens (including phenoxy) is 1. The monoisotopic (exact) mass is 259 g/mol. The minimum absolute atomic E-state index is 0.655. The lowest BCUT2D eigenvalue weighted by molar-refractivity contribution is 0.201. The van der Waals surface area contributed by atoms with Gasteiger partial charge in [0.2, 0.25) is 0 Å². The predicted octanol–water partition coefficient (Wildman–Crippen LogP) is 2.57. The molecule has 0 bridgehead atoms. The summed E-state index contributed by atoms with van der Waals surface area (Å²) in [6.45, 7) is 6.93. The summed E-state index contributed by atoms with van der Waals surface area (Å²) >= 11 is 0. The highest BCUT2D eigenvalue weighted by molar-refractivity contribution is 5.53. The number of benzene rings is 1. The van der Waals surface area contributed by atoms with Crippen LogP contribution < -0.4 is 5.73 Å². The third kappa shape index (κ3) is 2.79. The molecule has 0 aliphatic heterocycles. The molecule has 2 rings (SSSR count). The standard InChI is InChI=1S/C15H21N3O/c1-10-7-11(2)15(12(3)8-10)18-14(16)9-13(17-18)5-6-19-4/h7-9H,5-6,16H2,1-4H3. The number of hydrogen-bond donors (Lipinski definition) is 1. The molecule has 0 atom stereocenters. The average Bonchev–Trinajstić information content (AvgIpc) is 2.67. The van der Waals surface area contributed by atoms with Crippen molar-refractivity contribution in [2.75, 3.05) is 19.5 Å². The van der Waals surface area contributed by atoms with Crippen LogP contribution in [0.25, 0.3) is 5.69 Å². The Labute approximate surface area is 114 Å². The van der Waals surface area contributed by atoms with Crippen LogP contribution in [0.1, 0.15) is 22.4 Å². The minimum Gasteiger partial charge on any atom is -0.384 e. The van der Waals surface area contributed by atoms with Gasteiger partial charge in [0.05, 0.1) is 18.0 Å². The van der Waals surface area contributed by atoms with Crippen molar-refractivity contribution in [1.29, 1.82) is 0 Å². The van der Waals surface area contributed by atoms with Crippen LogP contribution in [0.15, 0.2) is 18.2 Å². The lowest BCUT2D eigenvalue weighted by Gasteiger charge is -2.12. The first kappa shape index (κ1) is 13.6. The second-order valence-corrected chi connectivity index (χ2v) is 4.96. The van der Waals surface area contributed by atoms with Gasteiger partial charge in [-0.1, -0.05) is 17.7 Å². The molecule has 0 unspecified atom stereocenters. The highest BCUT2D eigenvalue weighted by Crippen LogP contribution is 2.23. The molecule has 4 nitrogen and oxygen atoms in total. The van der Waals surface area contributed by atoms with E-state index in [1.54, 1.807) is 7.11 Å². The van der Waals surface area contributed by atoms with E-state index in [1.807, 2.05) is 10.7 Å². The van der Waals surface area contributed by atoms with E-state index in [4.69, 9.17) is 10.5 Å². The number of aromatic nitrogens is 2. The Morgan fingerprint density at radius 2 is 1.79 bits per heavy atom. The molecule has 0 fully saturated rings. The van der Waals surface area contributed by atoms with Crippen molar-refractivity contribution in [3.63, 3.8) is 0 Å². The van der Waals surface area contributed by atoms with Gasteiger partial charge in [-0.2, -0.15) is 5.10 Å². The first-order chi connectivity index (χ1) is 9.02. The van der Waals surface area contributed by atoms with Crippen LogP contribution in [0.2, 0.25) is 0 Å². The Kier molecular flexibility index (Phi) is 3.90. The Hall–Kier alpha value is -1.81. The first-order valence-electron chi connectivity index (χ1n) is 6.44. The predicted molar refractivity (Wildman–Crippen MR) is 77.8 cm³/mol. The summed E-state index contributed by atoms with van der Waals surface area (Å²) in [4.78, 5) is 0.